The monoisotopic (exact) mass is 294 g/mol. The van der Waals surface area contributed by atoms with E-state index in [1.54, 1.807) is 18.2 Å². The molecule has 1 N–H and O–H groups in total. The predicted molar refractivity (Wildman–Crippen MR) is 73.4 cm³/mol. The molecular weight excluding hydrogens is 276 g/mol. The van der Waals surface area contributed by atoms with Gasteiger partial charge in [-0.3, -0.25) is 9.59 Å². The average Bonchev–Trinajstić information content (AvgIpc) is 2.87. The molecule has 2 rings (SSSR count). The molecule has 1 aliphatic rings. The zero-order valence-electron chi connectivity index (χ0n) is 12.0. The summed E-state index contributed by atoms with van der Waals surface area (Å²) in [6.07, 6.45) is -0.0352. The van der Waals surface area contributed by atoms with Crippen molar-refractivity contribution in [2.75, 3.05) is 13.7 Å². The van der Waals surface area contributed by atoms with Gasteiger partial charge in [-0.15, -0.1) is 0 Å². The van der Waals surface area contributed by atoms with Crippen LogP contribution >= 0.6 is 0 Å². The van der Waals surface area contributed by atoms with Gasteiger partial charge in [0.1, 0.15) is 12.0 Å². The fourth-order valence-electron chi connectivity index (χ4n) is 2.27. The molecule has 1 fully saturated rings. The topological polar surface area (TPSA) is 82.1 Å². The summed E-state index contributed by atoms with van der Waals surface area (Å²) in [5, 5.41) is 9.17. The number of hydrogen-bond donors (Lipinski definition) is 1. The van der Waals surface area contributed by atoms with E-state index in [9.17, 15) is 14.7 Å². The lowest BCUT2D eigenvalue weighted by Crippen LogP contribution is -2.17. The highest BCUT2D eigenvalue weighted by Gasteiger charge is 2.41. The number of hydrogen-bond acceptors (Lipinski definition) is 5. The number of ether oxygens (including phenoxy) is 3. The van der Waals surface area contributed by atoms with Gasteiger partial charge in [-0.05, 0) is 24.1 Å². The Morgan fingerprint density at radius 2 is 2.19 bits per heavy atom. The van der Waals surface area contributed by atoms with Crippen LogP contribution in [0.15, 0.2) is 18.2 Å². The summed E-state index contributed by atoms with van der Waals surface area (Å²) in [6, 6.07) is 5.06. The summed E-state index contributed by atoms with van der Waals surface area (Å²) in [5.74, 6) is -1.34. The third kappa shape index (κ3) is 3.26. The van der Waals surface area contributed by atoms with Gasteiger partial charge >= 0.3 is 11.9 Å². The average molecular weight is 294 g/mol. The van der Waals surface area contributed by atoms with Gasteiger partial charge in [0, 0.05) is 0 Å². The number of carbonyl (C=O) groups is 2. The summed E-state index contributed by atoms with van der Waals surface area (Å²) < 4.78 is 15.9. The van der Waals surface area contributed by atoms with Gasteiger partial charge in [-0.1, -0.05) is 13.0 Å². The maximum atomic E-state index is 11.4. The number of esters is 1. The Hall–Kier alpha value is -2.24. The second kappa shape index (κ2) is 6.47. The van der Waals surface area contributed by atoms with Crippen LogP contribution in [-0.2, 0) is 14.3 Å². The third-order valence-corrected chi connectivity index (χ3v) is 3.31. The summed E-state index contributed by atoms with van der Waals surface area (Å²) in [5.41, 5.74) is 0.592. The molecule has 21 heavy (non-hydrogen) atoms. The molecular formula is C15H18O6. The van der Waals surface area contributed by atoms with Crippen molar-refractivity contribution in [2.24, 2.45) is 5.92 Å². The molecule has 0 saturated carbocycles. The molecule has 0 amide bonds. The first-order valence-corrected chi connectivity index (χ1v) is 6.79. The van der Waals surface area contributed by atoms with Crippen LogP contribution < -0.4 is 9.47 Å². The van der Waals surface area contributed by atoms with E-state index in [-0.39, 0.29) is 6.42 Å². The molecule has 0 aliphatic carbocycles. The van der Waals surface area contributed by atoms with Crippen molar-refractivity contribution in [1.82, 2.24) is 0 Å². The van der Waals surface area contributed by atoms with Gasteiger partial charge < -0.3 is 19.3 Å². The van der Waals surface area contributed by atoms with Crippen molar-refractivity contribution in [3.63, 3.8) is 0 Å². The molecule has 1 aromatic rings. The molecule has 2 unspecified atom stereocenters. The van der Waals surface area contributed by atoms with E-state index in [0.717, 1.165) is 6.42 Å². The summed E-state index contributed by atoms with van der Waals surface area (Å²) in [6.45, 7) is 2.56. The summed E-state index contributed by atoms with van der Waals surface area (Å²) in [4.78, 5) is 22.6. The van der Waals surface area contributed by atoms with Crippen LogP contribution in [0.4, 0.5) is 0 Å². The summed E-state index contributed by atoms with van der Waals surface area (Å²) in [7, 11) is 1.51. The van der Waals surface area contributed by atoms with Crippen molar-refractivity contribution in [2.45, 2.75) is 25.9 Å². The molecule has 1 aliphatic heterocycles. The fourth-order valence-corrected chi connectivity index (χ4v) is 2.27. The number of carboxylic acids is 1. The van der Waals surface area contributed by atoms with Gasteiger partial charge in [-0.25, -0.2) is 0 Å². The van der Waals surface area contributed by atoms with Gasteiger partial charge in [0.15, 0.2) is 11.5 Å². The zero-order chi connectivity index (χ0) is 15.4. The predicted octanol–water partition coefficient (Wildman–Crippen LogP) is 2.17. The Morgan fingerprint density at radius 1 is 1.43 bits per heavy atom. The van der Waals surface area contributed by atoms with Crippen molar-refractivity contribution in [3.05, 3.63) is 23.8 Å². The van der Waals surface area contributed by atoms with Gasteiger partial charge in [-0.2, -0.15) is 0 Å². The SMILES string of the molecule is CCCOc1ccc(C2OC(=O)CC2C(=O)O)cc1OC. The molecule has 1 heterocycles. The lowest BCUT2D eigenvalue weighted by atomic mass is 9.95. The number of carboxylic acid groups (broad SMARTS) is 1. The van der Waals surface area contributed by atoms with E-state index < -0.39 is 24.0 Å². The molecule has 6 heteroatoms. The van der Waals surface area contributed by atoms with E-state index in [2.05, 4.69) is 0 Å². The van der Waals surface area contributed by atoms with E-state index in [4.69, 9.17) is 14.2 Å². The molecule has 0 radical (unpaired) electrons. The smallest absolute Gasteiger partial charge is 0.311 e. The molecule has 0 aromatic heterocycles. The quantitative estimate of drug-likeness (QED) is 0.810. The Bertz CT molecular complexity index is 539. The van der Waals surface area contributed by atoms with Crippen LogP contribution in [0, 0.1) is 5.92 Å². The maximum Gasteiger partial charge on any atom is 0.311 e. The Morgan fingerprint density at radius 3 is 2.81 bits per heavy atom. The minimum absolute atomic E-state index is 0.115. The van der Waals surface area contributed by atoms with E-state index in [1.807, 2.05) is 6.92 Å². The van der Waals surface area contributed by atoms with Crippen LogP contribution in [0.2, 0.25) is 0 Å². The second-order valence-electron chi connectivity index (χ2n) is 4.82. The minimum Gasteiger partial charge on any atom is -0.493 e. The number of aliphatic carboxylic acids is 1. The van der Waals surface area contributed by atoms with Crippen LogP contribution in [0.3, 0.4) is 0 Å². The largest absolute Gasteiger partial charge is 0.493 e. The Balaban J connectivity index is 2.27. The third-order valence-electron chi connectivity index (χ3n) is 3.31. The Kier molecular flexibility index (Phi) is 4.67. The first-order valence-electron chi connectivity index (χ1n) is 6.79. The normalized spacial score (nSPS) is 21.0. The van der Waals surface area contributed by atoms with Gasteiger partial charge in [0.25, 0.3) is 0 Å². The van der Waals surface area contributed by atoms with Crippen LogP contribution in [0.5, 0.6) is 11.5 Å². The number of benzene rings is 1. The lowest BCUT2D eigenvalue weighted by molar-refractivity contribution is -0.144. The molecule has 0 bridgehead atoms. The molecule has 6 nitrogen and oxygen atoms in total. The molecule has 1 aromatic carbocycles. The highest BCUT2D eigenvalue weighted by molar-refractivity contribution is 5.82. The highest BCUT2D eigenvalue weighted by Crippen LogP contribution is 2.39. The minimum atomic E-state index is -1.05. The van der Waals surface area contributed by atoms with E-state index >= 15 is 0 Å². The van der Waals surface area contributed by atoms with E-state index in [1.165, 1.54) is 7.11 Å². The fraction of sp³-hybridized carbons (Fsp3) is 0.467. The molecule has 114 valence electrons. The second-order valence-corrected chi connectivity index (χ2v) is 4.82. The first-order chi connectivity index (χ1) is 10.1. The van der Waals surface area contributed by atoms with Crippen LogP contribution in [0.25, 0.3) is 0 Å². The molecule has 1 saturated heterocycles. The van der Waals surface area contributed by atoms with Gasteiger partial charge in [0.2, 0.25) is 0 Å². The standard InChI is InChI=1S/C15H18O6/c1-3-6-20-11-5-4-9(7-12(11)19-2)14-10(15(17)18)8-13(16)21-14/h4-5,7,10,14H,3,6,8H2,1-2H3,(H,17,18). The van der Waals surface area contributed by atoms with Crippen molar-refractivity contribution >= 4 is 11.9 Å². The zero-order valence-corrected chi connectivity index (χ0v) is 12.0. The van der Waals surface area contributed by atoms with Crippen molar-refractivity contribution in [1.29, 1.82) is 0 Å². The summed E-state index contributed by atoms with van der Waals surface area (Å²) >= 11 is 0. The highest BCUT2D eigenvalue weighted by atomic mass is 16.6. The Labute approximate surface area is 122 Å². The molecule has 2 atom stereocenters. The number of methoxy groups -OCH3 is 1. The van der Waals surface area contributed by atoms with Crippen molar-refractivity contribution in [3.8, 4) is 11.5 Å². The first kappa shape index (κ1) is 15.2. The number of cyclic esters (lactones) is 1. The van der Waals surface area contributed by atoms with Crippen molar-refractivity contribution < 1.29 is 28.9 Å². The van der Waals surface area contributed by atoms with Crippen LogP contribution in [0.1, 0.15) is 31.4 Å². The number of rotatable bonds is 6. The maximum absolute atomic E-state index is 11.4. The lowest BCUT2D eigenvalue weighted by Gasteiger charge is -2.17. The molecule has 0 spiro atoms. The van der Waals surface area contributed by atoms with E-state index in [0.29, 0.717) is 23.7 Å². The van der Waals surface area contributed by atoms with Gasteiger partial charge in [0.05, 0.1) is 20.1 Å². The number of carbonyl (C=O) groups excluding carboxylic acids is 1. The van der Waals surface area contributed by atoms with Crippen LogP contribution in [-0.4, -0.2) is 30.8 Å².